The number of fused-ring (bicyclic) bond motifs is 1. The SMILES string of the molecule is CNc1nc(C(=O)N2C[C@H]3CCN(C)[C@H]3C2)cs1. The standard InChI is InChI=1S/C12H18N4OS/c1-13-12-14-9(7-18-12)11(17)16-5-8-3-4-15(2)10(8)6-16/h7-8,10H,3-6H2,1-2H3,(H,13,14)/t8-,10+/m1/s1. The Morgan fingerprint density at radius 1 is 1.56 bits per heavy atom. The molecule has 2 aliphatic heterocycles. The van der Waals surface area contributed by atoms with Gasteiger partial charge in [-0.15, -0.1) is 11.3 Å². The molecule has 1 aromatic rings. The summed E-state index contributed by atoms with van der Waals surface area (Å²) in [7, 11) is 3.98. The number of likely N-dealkylation sites (N-methyl/N-ethyl adjacent to an activating group) is 1. The highest BCUT2D eigenvalue weighted by Gasteiger charge is 2.41. The number of carbonyl (C=O) groups excluding carboxylic acids is 1. The Hall–Kier alpha value is -1.14. The van der Waals surface area contributed by atoms with Crippen LogP contribution in [0.25, 0.3) is 0 Å². The van der Waals surface area contributed by atoms with Crippen molar-refractivity contribution in [2.45, 2.75) is 12.5 Å². The maximum Gasteiger partial charge on any atom is 0.273 e. The highest BCUT2D eigenvalue weighted by molar-refractivity contribution is 7.13. The van der Waals surface area contributed by atoms with Crippen LogP contribution in [0.3, 0.4) is 0 Å². The molecule has 0 saturated carbocycles. The van der Waals surface area contributed by atoms with E-state index in [1.807, 2.05) is 17.3 Å². The van der Waals surface area contributed by atoms with Crippen LogP contribution in [-0.2, 0) is 0 Å². The second-order valence-corrected chi connectivity index (χ2v) is 5.95. The minimum Gasteiger partial charge on any atom is -0.365 e. The first-order chi connectivity index (χ1) is 8.69. The highest BCUT2D eigenvalue weighted by Crippen LogP contribution is 2.31. The molecule has 3 rings (SSSR count). The van der Waals surface area contributed by atoms with E-state index in [1.54, 1.807) is 0 Å². The van der Waals surface area contributed by atoms with Crippen molar-refractivity contribution in [3.8, 4) is 0 Å². The van der Waals surface area contributed by atoms with Gasteiger partial charge in [0.15, 0.2) is 5.13 Å². The van der Waals surface area contributed by atoms with E-state index in [0.29, 0.717) is 17.7 Å². The third kappa shape index (κ3) is 1.89. The number of likely N-dealkylation sites (tertiary alicyclic amines) is 2. The summed E-state index contributed by atoms with van der Waals surface area (Å²) < 4.78 is 0. The summed E-state index contributed by atoms with van der Waals surface area (Å²) in [5.41, 5.74) is 0.576. The van der Waals surface area contributed by atoms with Crippen LogP contribution in [0.5, 0.6) is 0 Å². The first-order valence-corrected chi connectivity index (χ1v) is 7.20. The average molecular weight is 266 g/mol. The largest absolute Gasteiger partial charge is 0.365 e. The second kappa shape index (κ2) is 4.51. The number of aromatic nitrogens is 1. The first-order valence-electron chi connectivity index (χ1n) is 6.32. The van der Waals surface area contributed by atoms with Crippen molar-refractivity contribution in [3.63, 3.8) is 0 Å². The van der Waals surface area contributed by atoms with Crippen molar-refractivity contribution >= 4 is 22.4 Å². The lowest BCUT2D eigenvalue weighted by atomic mass is 10.1. The van der Waals surface area contributed by atoms with Crippen LogP contribution in [0.2, 0.25) is 0 Å². The number of carbonyl (C=O) groups is 1. The number of rotatable bonds is 2. The summed E-state index contributed by atoms with van der Waals surface area (Å²) in [6.45, 7) is 2.91. The van der Waals surface area contributed by atoms with E-state index in [4.69, 9.17) is 0 Å². The van der Waals surface area contributed by atoms with Gasteiger partial charge in [-0.1, -0.05) is 0 Å². The number of anilines is 1. The lowest BCUT2D eigenvalue weighted by Gasteiger charge is -2.20. The number of hydrogen-bond acceptors (Lipinski definition) is 5. The van der Waals surface area contributed by atoms with Gasteiger partial charge in [0.2, 0.25) is 0 Å². The van der Waals surface area contributed by atoms with Crippen LogP contribution in [0.4, 0.5) is 5.13 Å². The Morgan fingerprint density at radius 3 is 3.06 bits per heavy atom. The van der Waals surface area contributed by atoms with Gasteiger partial charge in [0.05, 0.1) is 0 Å². The first kappa shape index (κ1) is 11.9. The molecule has 2 saturated heterocycles. The molecule has 5 nitrogen and oxygen atoms in total. The molecule has 0 spiro atoms. The van der Waals surface area contributed by atoms with Crippen molar-refractivity contribution in [2.24, 2.45) is 5.92 Å². The van der Waals surface area contributed by atoms with Gasteiger partial charge in [-0.25, -0.2) is 4.98 Å². The molecule has 0 radical (unpaired) electrons. The van der Waals surface area contributed by atoms with Crippen molar-refractivity contribution in [2.75, 3.05) is 39.0 Å². The molecular formula is C12H18N4OS. The maximum atomic E-state index is 12.3. The van der Waals surface area contributed by atoms with E-state index >= 15 is 0 Å². The summed E-state index contributed by atoms with van der Waals surface area (Å²) >= 11 is 1.48. The monoisotopic (exact) mass is 266 g/mol. The molecule has 2 fully saturated rings. The number of hydrogen-bond donors (Lipinski definition) is 1. The molecule has 0 unspecified atom stereocenters. The number of nitrogens with zero attached hydrogens (tertiary/aromatic N) is 3. The Bertz CT molecular complexity index is 461. The van der Waals surface area contributed by atoms with Crippen molar-refractivity contribution < 1.29 is 4.79 Å². The van der Waals surface area contributed by atoms with Crippen molar-refractivity contribution in [3.05, 3.63) is 11.1 Å². The lowest BCUT2D eigenvalue weighted by molar-refractivity contribution is 0.0770. The second-order valence-electron chi connectivity index (χ2n) is 5.09. The van der Waals surface area contributed by atoms with Crippen LogP contribution < -0.4 is 5.32 Å². The summed E-state index contributed by atoms with van der Waals surface area (Å²) in [5, 5.41) is 5.61. The molecule has 0 bridgehead atoms. The summed E-state index contributed by atoms with van der Waals surface area (Å²) in [5.74, 6) is 0.733. The van der Waals surface area contributed by atoms with Crippen LogP contribution in [-0.4, -0.2) is 60.5 Å². The van der Waals surface area contributed by atoms with Crippen LogP contribution in [0.15, 0.2) is 5.38 Å². The Morgan fingerprint density at radius 2 is 2.39 bits per heavy atom. The summed E-state index contributed by atoms with van der Waals surface area (Å²) in [6, 6.07) is 0.552. The molecule has 98 valence electrons. The number of nitrogens with one attached hydrogen (secondary N) is 1. The van der Waals surface area contributed by atoms with E-state index in [9.17, 15) is 4.79 Å². The van der Waals surface area contributed by atoms with E-state index in [2.05, 4.69) is 22.2 Å². The molecular weight excluding hydrogens is 248 g/mol. The number of thiazole rings is 1. The zero-order chi connectivity index (χ0) is 12.7. The lowest BCUT2D eigenvalue weighted by Crippen LogP contribution is -2.35. The topological polar surface area (TPSA) is 48.5 Å². The molecule has 0 aromatic carbocycles. The molecule has 2 aliphatic rings. The minimum absolute atomic E-state index is 0.0792. The predicted octanol–water partition coefficient (Wildman–Crippen LogP) is 0.961. The molecule has 3 heterocycles. The minimum atomic E-state index is 0.0792. The molecule has 1 N–H and O–H groups in total. The number of amides is 1. The Kier molecular flexibility index (Phi) is 2.99. The normalized spacial score (nSPS) is 27.6. The molecule has 18 heavy (non-hydrogen) atoms. The van der Waals surface area contributed by atoms with Gasteiger partial charge in [0, 0.05) is 31.6 Å². The zero-order valence-electron chi connectivity index (χ0n) is 10.7. The van der Waals surface area contributed by atoms with Crippen LogP contribution >= 0.6 is 11.3 Å². The molecule has 1 aromatic heterocycles. The third-order valence-corrected chi connectivity index (χ3v) is 4.91. The molecule has 6 heteroatoms. The Labute approximate surface area is 111 Å². The van der Waals surface area contributed by atoms with Gasteiger partial charge in [-0.05, 0) is 25.9 Å². The van der Waals surface area contributed by atoms with Gasteiger partial charge >= 0.3 is 0 Å². The highest BCUT2D eigenvalue weighted by atomic mass is 32.1. The third-order valence-electron chi connectivity index (χ3n) is 4.05. The van der Waals surface area contributed by atoms with Crippen molar-refractivity contribution in [1.29, 1.82) is 0 Å². The van der Waals surface area contributed by atoms with Crippen LogP contribution in [0, 0.1) is 5.92 Å². The quantitative estimate of drug-likeness (QED) is 0.866. The fraction of sp³-hybridized carbons (Fsp3) is 0.667. The van der Waals surface area contributed by atoms with E-state index < -0.39 is 0 Å². The van der Waals surface area contributed by atoms with E-state index in [1.165, 1.54) is 17.8 Å². The van der Waals surface area contributed by atoms with Gasteiger partial charge in [0.1, 0.15) is 5.69 Å². The van der Waals surface area contributed by atoms with Gasteiger partial charge in [-0.2, -0.15) is 0 Å². The molecule has 2 atom stereocenters. The predicted molar refractivity (Wildman–Crippen MR) is 72.1 cm³/mol. The fourth-order valence-corrected chi connectivity index (χ4v) is 3.63. The van der Waals surface area contributed by atoms with Gasteiger partial charge in [-0.3, -0.25) is 4.79 Å². The molecule has 0 aliphatic carbocycles. The molecule has 1 amide bonds. The zero-order valence-corrected chi connectivity index (χ0v) is 11.5. The average Bonchev–Trinajstić information content (AvgIpc) is 3.06. The van der Waals surface area contributed by atoms with E-state index in [-0.39, 0.29) is 5.91 Å². The van der Waals surface area contributed by atoms with Gasteiger partial charge < -0.3 is 15.1 Å². The smallest absolute Gasteiger partial charge is 0.273 e. The summed E-state index contributed by atoms with van der Waals surface area (Å²) in [4.78, 5) is 21.0. The maximum absolute atomic E-state index is 12.3. The fourth-order valence-electron chi connectivity index (χ4n) is 2.99. The Balaban J connectivity index is 1.71. The van der Waals surface area contributed by atoms with Crippen LogP contribution in [0.1, 0.15) is 16.9 Å². The van der Waals surface area contributed by atoms with Crippen molar-refractivity contribution in [1.82, 2.24) is 14.8 Å². The van der Waals surface area contributed by atoms with Gasteiger partial charge in [0.25, 0.3) is 5.91 Å². The van der Waals surface area contributed by atoms with E-state index in [0.717, 1.165) is 24.8 Å². The summed E-state index contributed by atoms with van der Waals surface area (Å²) in [6.07, 6.45) is 1.21.